The van der Waals surface area contributed by atoms with Gasteiger partial charge >= 0.3 is 10.2 Å². The molecular weight excluding hydrogens is 492 g/mol. The summed E-state index contributed by atoms with van der Waals surface area (Å²) in [7, 11) is -0.652. The number of nitrogens with one attached hydrogen (secondary N) is 2. The number of fused-ring (bicyclic) bond motifs is 4. The smallest absolute Gasteiger partial charge is 0.303 e. The molecule has 9 nitrogen and oxygen atoms in total. The number of hydrogen-bond acceptors (Lipinski definition) is 6. The largest absolute Gasteiger partial charge is 0.492 e. The van der Waals surface area contributed by atoms with Crippen LogP contribution in [0.2, 0.25) is 0 Å². The van der Waals surface area contributed by atoms with Crippen LogP contribution in [0.1, 0.15) is 42.2 Å². The lowest BCUT2D eigenvalue weighted by molar-refractivity contribution is 0.172. The number of H-pyrrole nitrogens is 1. The lowest BCUT2D eigenvalue weighted by Gasteiger charge is -2.32. The Morgan fingerprint density at radius 2 is 2.00 bits per heavy atom. The molecule has 2 aromatic carbocycles. The first kappa shape index (κ1) is 25.8. The van der Waals surface area contributed by atoms with E-state index in [1.54, 1.807) is 18.2 Å². The van der Waals surface area contributed by atoms with Crippen molar-refractivity contribution in [2.45, 2.75) is 38.2 Å². The van der Waals surface area contributed by atoms with E-state index in [2.05, 4.69) is 22.4 Å². The SMILES string of the molecule is CN(C)S(=O)(=O)N1CCOc2ccc(C(O)CNCCOc3ccc4[nH]c5c(c4c3)CCCCC5)cc21. The number of hydrogen-bond donors (Lipinski definition) is 3. The average Bonchev–Trinajstić information content (AvgIpc) is 3.06. The number of aliphatic hydroxyl groups is 1. The van der Waals surface area contributed by atoms with Crippen molar-refractivity contribution >= 4 is 26.8 Å². The Balaban J connectivity index is 1.16. The first-order valence-electron chi connectivity index (χ1n) is 13.0. The number of rotatable bonds is 9. The number of ether oxygens (including phenoxy) is 2. The standard InChI is InChI=1S/C27H36N4O5S/c1-30(2)37(33,34)31-13-15-36-27-11-8-19(16-25(27)31)26(32)18-28-12-14-35-20-9-10-24-22(17-20)21-6-4-3-5-7-23(21)29-24/h8-11,16-17,26,28-29,32H,3-7,12-15,18H2,1-2H3. The van der Waals surface area contributed by atoms with Crippen LogP contribution in [0.5, 0.6) is 11.5 Å². The number of aromatic amines is 1. The van der Waals surface area contributed by atoms with Crippen molar-refractivity contribution in [1.29, 1.82) is 0 Å². The molecule has 0 bridgehead atoms. The van der Waals surface area contributed by atoms with Crippen LogP contribution in [0.25, 0.3) is 10.9 Å². The van der Waals surface area contributed by atoms with Crippen LogP contribution in [0.3, 0.4) is 0 Å². The highest BCUT2D eigenvalue weighted by atomic mass is 32.2. The molecule has 0 amide bonds. The quantitative estimate of drug-likeness (QED) is 0.291. The summed E-state index contributed by atoms with van der Waals surface area (Å²) >= 11 is 0. The second-order valence-electron chi connectivity index (χ2n) is 9.86. The van der Waals surface area contributed by atoms with Gasteiger partial charge in [0.2, 0.25) is 0 Å². The van der Waals surface area contributed by atoms with Gasteiger partial charge < -0.3 is 24.9 Å². The molecule has 1 unspecified atom stereocenters. The first-order chi connectivity index (χ1) is 17.8. The van der Waals surface area contributed by atoms with Crippen molar-refractivity contribution in [3.8, 4) is 11.5 Å². The zero-order valence-corrected chi connectivity index (χ0v) is 22.3. The van der Waals surface area contributed by atoms with Gasteiger partial charge in [-0.2, -0.15) is 12.7 Å². The summed E-state index contributed by atoms with van der Waals surface area (Å²) in [4.78, 5) is 3.58. The Labute approximate surface area is 218 Å². The average molecular weight is 529 g/mol. The molecule has 0 fully saturated rings. The molecule has 1 aliphatic carbocycles. The fraction of sp³-hybridized carbons (Fsp3) is 0.481. The molecule has 200 valence electrons. The minimum atomic E-state index is -3.65. The molecule has 0 spiro atoms. The zero-order valence-electron chi connectivity index (χ0n) is 21.5. The molecule has 2 aliphatic rings. The van der Waals surface area contributed by atoms with Gasteiger partial charge in [0, 0.05) is 43.8 Å². The summed E-state index contributed by atoms with van der Waals surface area (Å²) in [5, 5.41) is 15.2. The molecule has 2 heterocycles. The maximum absolute atomic E-state index is 12.7. The third kappa shape index (κ3) is 5.43. The van der Waals surface area contributed by atoms with Crippen molar-refractivity contribution < 1.29 is 23.0 Å². The molecule has 3 N–H and O–H groups in total. The topological polar surface area (TPSA) is 107 Å². The van der Waals surface area contributed by atoms with Crippen molar-refractivity contribution in [3.63, 3.8) is 0 Å². The number of anilines is 1. The van der Waals surface area contributed by atoms with Crippen LogP contribution in [0.4, 0.5) is 5.69 Å². The van der Waals surface area contributed by atoms with E-state index < -0.39 is 16.3 Å². The minimum absolute atomic E-state index is 0.222. The second kappa shape index (κ2) is 10.9. The van der Waals surface area contributed by atoms with Crippen LogP contribution >= 0.6 is 0 Å². The summed E-state index contributed by atoms with van der Waals surface area (Å²) in [6, 6.07) is 11.4. The molecular formula is C27H36N4O5S. The van der Waals surface area contributed by atoms with Crippen LogP contribution < -0.4 is 19.1 Å². The van der Waals surface area contributed by atoms with Gasteiger partial charge in [-0.25, -0.2) is 0 Å². The molecule has 3 aromatic rings. The second-order valence-corrected chi connectivity index (χ2v) is 11.9. The lowest BCUT2D eigenvalue weighted by Crippen LogP contribution is -2.44. The molecule has 1 aromatic heterocycles. The van der Waals surface area contributed by atoms with Gasteiger partial charge in [0.15, 0.2) is 0 Å². The number of aliphatic hydroxyl groups excluding tert-OH is 1. The summed E-state index contributed by atoms with van der Waals surface area (Å²) < 4.78 is 39.6. The van der Waals surface area contributed by atoms with E-state index in [0.717, 1.165) is 18.6 Å². The predicted octanol–water partition coefficient (Wildman–Crippen LogP) is 3.14. The molecule has 0 saturated heterocycles. The van der Waals surface area contributed by atoms with Crippen molar-refractivity contribution in [3.05, 3.63) is 53.2 Å². The van der Waals surface area contributed by atoms with Gasteiger partial charge in [-0.1, -0.05) is 12.5 Å². The molecule has 10 heteroatoms. The van der Waals surface area contributed by atoms with Crippen LogP contribution in [-0.2, 0) is 23.1 Å². The molecule has 5 rings (SSSR count). The van der Waals surface area contributed by atoms with Gasteiger partial charge in [-0.15, -0.1) is 0 Å². The summed E-state index contributed by atoms with van der Waals surface area (Å²) in [5.41, 5.74) is 5.05. The van der Waals surface area contributed by atoms with Crippen molar-refractivity contribution in [2.24, 2.45) is 0 Å². The Morgan fingerprint density at radius 1 is 1.16 bits per heavy atom. The zero-order chi connectivity index (χ0) is 26.0. The fourth-order valence-electron chi connectivity index (χ4n) is 5.10. The first-order valence-corrected chi connectivity index (χ1v) is 14.4. The number of benzene rings is 2. The summed E-state index contributed by atoms with van der Waals surface area (Å²) in [6.07, 6.45) is 5.19. The third-order valence-corrected chi connectivity index (χ3v) is 8.99. The number of aromatic nitrogens is 1. The van der Waals surface area contributed by atoms with E-state index in [-0.39, 0.29) is 13.2 Å². The van der Waals surface area contributed by atoms with Crippen LogP contribution in [0, 0.1) is 0 Å². The van der Waals surface area contributed by atoms with Gasteiger partial charge in [0.25, 0.3) is 0 Å². The van der Waals surface area contributed by atoms with Gasteiger partial charge in [-0.05, 0) is 67.1 Å². The molecule has 1 atom stereocenters. The Kier molecular flexibility index (Phi) is 7.62. The molecule has 37 heavy (non-hydrogen) atoms. The molecule has 0 saturated carbocycles. The highest BCUT2D eigenvalue weighted by Gasteiger charge is 2.31. The fourth-order valence-corrected chi connectivity index (χ4v) is 6.19. The van der Waals surface area contributed by atoms with E-state index in [4.69, 9.17) is 9.47 Å². The van der Waals surface area contributed by atoms with Crippen molar-refractivity contribution in [1.82, 2.24) is 14.6 Å². The predicted molar refractivity (Wildman–Crippen MR) is 145 cm³/mol. The Bertz CT molecular complexity index is 1350. The number of aryl methyl sites for hydroxylation is 2. The van der Waals surface area contributed by atoms with Crippen LogP contribution in [-0.4, -0.2) is 69.8 Å². The monoisotopic (exact) mass is 528 g/mol. The minimum Gasteiger partial charge on any atom is -0.492 e. The van der Waals surface area contributed by atoms with E-state index >= 15 is 0 Å². The lowest BCUT2D eigenvalue weighted by atomic mass is 10.1. The Morgan fingerprint density at radius 3 is 2.84 bits per heavy atom. The number of nitrogens with zero attached hydrogens (tertiary/aromatic N) is 2. The third-order valence-electron chi connectivity index (χ3n) is 7.13. The van der Waals surface area contributed by atoms with Gasteiger partial charge in [0.05, 0.1) is 18.3 Å². The van der Waals surface area contributed by atoms with E-state index in [0.29, 0.717) is 36.7 Å². The highest BCUT2D eigenvalue weighted by Crippen LogP contribution is 2.36. The summed E-state index contributed by atoms with van der Waals surface area (Å²) in [5.74, 6) is 1.34. The van der Waals surface area contributed by atoms with Crippen LogP contribution in [0.15, 0.2) is 36.4 Å². The van der Waals surface area contributed by atoms with Gasteiger partial charge in [0.1, 0.15) is 24.7 Å². The van der Waals surface area contributed by atoms with Crippen molar-refractivity contribution in [2.75, 3.05) is 51.2 Å². The maximum atomic E-state index is 12.7. The van der Waals surface area contributed by atoms with E-state index in [1.165, 1.54) is 64.1 Å². The van der Waals surface area contributed by atoms with Gasteiger partial charge in [-0.3, -0.25) is 4.31 Å². The summed E-state index contributed by atoms with van der Waals surface area (Å²) in [6.45, 7) is 1.85. The highest BCUT2D eigenvalue weighted by molar-refractivity contribution is 7.90. The molecule has 0 radical (unpaired) electrons. The maximum Gasteiger partial charge on any atom is 0.303 e. The van der Waals surface area contributed by atoms with E-state index in [1.807, 2.05) is 6.07 Å². The Hall–Kier alpha value is -2.79. The van der Waals surface area contributed by atoms with E-state index in [9.17, 15) is 13.5 Å². The molecule has 1 aliphatic heterocycles. The normalized spacial score (nSPS) is 16.7.